The summed E-state index contributed by atoms with van der Waals surface area (Å²) in [4.78, 5) is 11.5. The molecule has 0 aliphatic heterocycles. The van der Waals surface area contributed by atoms with Crippen LogP contribution in [0, 0.1) is 0 Å². The second kappa shape index (κ2) is 51.7. The average Bonchev–Trinajstić information content (AvgIpc) is 3.23. The van der Waals surface area contributed by atoms with Crippen LogP contribution in [0.2, 0.25) is 0 Å². The molecule has 4 heteroatoms. The van der Waals surface area contributed by atoms with Gasteiger partial charge in [0.05, 0.1) is 13.2 Å². The Bertz CT molecular complexity index is 678. The first kappa shape index (κ1) is 58.3. The van der Waals surface area contributed by atoms with E-state index in [2.05, 4.69) is 20.8 Å². The minimum Gasteiger partial charge on any atom is -0.193 e. The third-order valence-electron chi connectivity index (χ3n) is 12.9. The molecule has 0 aliphatic carbocycles. The Morgan fingerprint density at radius 3 is 0.569 bits per heavy atom. The molecular weight excluding hydrogens is 728 g/mol. The lowest BCUT2D eigenvalue weighted by molar-refractivity contribution is 0.169. The van der Waals surface area contributed by atoms with Gasteiger partial charge in [-0.25, -0.2) is 0 Å². The normalized spacial score (nSPS) is 12.0. The Kier molecular flexibility index (Phi) is 51.9. The molecule has 0 aromatic carbocycles. The zero-order chi connectivity index (χ0) is 42.0. The maximum absolute atomic E-state index is 11.5. The quantitative estimate of drug-likeness (QED) is 0.0490. The van der Waals surface area contributed by atoms with E-state index >= 15 is 0 Å². The van der Waals surface area contributed by atoms with Crippen molar-refractivity contribution in [1.29, 1.82) is 0 Å². The van der Waals surface area contributed by atoms with Gasteiger partial charge in [0.25, 0.3) is 0 Å². The summed E-state index contributed by atoms with van der Waals surface area (Å²) in [7, 11) is -2.74. The monoisotopic (exact) mass is 840 g/mol. The highest BCUT2D eigenvalue weighted by Gasteiger charge is 2.39. The highest BCUT2D eigenvalue weighted by Crippen LogP contribution is 2.58. The van der Waals surface area contributed by atoms with E-state index in [-0.39, 0.29) is 0 Å². The molecule has 0 heterocycles. The summed E-state index contributed by atoms with van der Waals surface area (Å²) in [6.45, 7) is 8.24. The first-order valence-electron chi connectivity index (χ1n) is 27.6. The average molecular weight is 840 g/mol. The summed E-state index contributed by atoms with van der Waals surface area (Å²) in [5.41, 5.74) is 0. The minimum atomic E-state index is -2.74. The van der Waals surface area contributed by atoms with E-state index in [0.717, 1.165) is 25.4 Å². The Hall–Kier alpha value is 0.310. The van der Waals surface area contributed by atoms with Gasteiger partial charge in [0.15, 0.2) is 0 Å². The predicted molar refractivity (Wildman–Crippen MR) is 265 cm³/mol. The molecule has 0 rings (SSSR count). The van der Waals surface area contributed by atoms with Gasteiger partial charge in [0, 0.05) is 0 Å². The molecule has 58 heavy (non-hydrogen) atoms. The van der Waals surface area contributed by atoms with Gasteiger partial charge < -0.3 is 0 Å². The van der Waals surface area contributed by atoms with Gasteiger partial charge in [0.2, 0.25) is 0 Å². The lowest BCUT2D eigenvalue weighted by Crippen LogP contribution is -2.09. The highest BCUT2D eigenvalue weighted by atomic mass is 31.2. The van der Waals surface area contributed by atoms with Crippen LogP contribution in [0.3, 0.4) is 0 Å². The fourth-order valence-corrected chi connectivity index (χ4v) is 10.5. The highest BCUT2D eigenvalue weighted by molar-refractivity contribution is 7.60. The number of hydrogen-bond donors (Lipinski definition) is 1. The van der Waals surface area contributed by atoms with Crippen molar-refractivity contribution in [2.45, 2.75) is 329 Å². The Morgan fingerprint density at radius 1 is 0.224 bits per heavy atom. The van der Waals surface area contributed by atoms with Crippen LogP contribution in [0.25, 0.3) is 0 Å². The van der Waals surface area contributed by atoms with E-state index in [9.17, 15) is 4.89 Å². The summed E-state index contributed by atoms with van der Waals surface area (Å²) < 4.78 is 12.5. The summed E-state index contributed by atoms with van der Waals surface area (Å²) in [6, 6.07) is 0. The van der Waals surface area contributed by atoms with Gasteiger partial charge in [-0.1, -0.05) is 303 Å². The van der Waals surface area contributed by atoms with Gasteiger partial charge in [-0.15, -0.1) is 0 Å². The van der Waals surface area contributed by atoms with Crippen LogP contribution in [-0.4, -0.2) is 24.3 Å². The van der Waals surface area contributed by atoms with E-state index in [1.807, 2.05) is 0 Å². The number of hydrogen-bond acceptors (Lipinski definition) is 3. The van der Waals surface area contributed by atoms with Crippen LogP contribution in [-0.2, 0) is 9.05 Å². The van der Waals surface area contributed by atoms with E-state index < -0.39 is 7.94 Å². The van der Waals surface area contributed by atoms with Crippen molar-refractivity contribution >= 4 is 7.94 Å². The molecule has 0 fully saturated rings. The van der Waals surface area contributed by atoms with Crippen molar-refractivity contribution in [2.75, 3.05) is 19.4 Å². The van der Waals surface area contributed by atoms with Gasteiger partial charge in [0.1, 0.15) is 6.16 Å². The Labute approximate surface area is 368 Å². The van der Waals surface area contributed by atoms with Crippen LogP contribution in [0.4, 0.5) is 0 Å². The first-order valence-corrected chi connectivity index (χ1v) is 29.3. The van der Waals surface area contributed by atoms with E-state index in [1.54, 1.807) is 0 Å². The molecule has 0 atom stereocenters. The van der Waals surface area contributed by atoms with Gasteiger partial charge >= 0.3 is 7.94 Å². The molecule has 0 unspecified atom stereocenters. The second-order valence-corrected chi connectivity index (χ2v) is 21.2. The summed E-state index contributed by atoms with van der Waals surface area (Å²) in [5, 5.41) is 0. The summed E-state index contributed by atoms with van der Waals surface area (Å²) >= 11 is 0. The third kappa shape index (κ3) is 49.0. The van der Waals surface area contributed by atoms with Gasteiger partial charge in [-0.3, -0.25) is 0 Å². The van der Waals surface area contributed by atoms with Crippen LogP contribution in [0.15, 0.2) is 0 Å². The SMILES string of the molecule is CCCCCCCCCCCCCCCCCCO[P+](O)(CCCCCCCCCCCCCCCCCC)OCCCCCCCCCCCCCCCCCC. The van der Waals surface area contributed by atoms with E-state index in [4.69, 9.17) is 9.05 Å². The van der Waals surface area contributed by atoms with Gasteiger partial charge in [-0.2, -0.15) is 13.9 Å². The topological polar surface area (TPSA) is 38.7 Å². The molecule has 0 bridgehead atoms. The zero-order valence-corrected chi connectivity index (χ0v) is 41.7. The van der Waals surface area contributed by atoms with Crippen molar-refractivity contribution in [1.82, 2.24) is 0 Å². The lowest BCUT2D eigenvalue weighted by atomic mass is 10.0. The fraction of sp³-hybridized carbons (Fsp3) is 1.00. The lowest BCUT2D eigenvalue weighted by Gasteiger charge is -2.17. The molecule has 0 saturated carbocycles. The van der Waals surface area contributed by atoms with E-state index in [0.29, 0.717) is 13.2 Å². The van der Waals surface area contributed by atoms with Crippen LogP contribution >= 0.6 is 7.94 Å². The standard InChI is InChI=1S/C54H112O3P/c1-4-7-10-13-16-19-22-25-28-31-34-37-40-43-46-49-52-56-58(55,54-51-48-45-42-39-36-33-30-27-24-21-18-15-12-9-6-3)57-53-50-47-44-41-38-35-32-29-26-23-20-17-14-11-8-5-2/h55H,4-54H2,1-3H3/q+1. The Balaban J connectivity index is 4.08. The largest absolute Gasteiger partial charge is 0.408 e. The minimum absolute atomic E-state index is 0.667. The van der Waals surface area contributed by atoms with Crippen molar-refractivity contribution in [3.63, 3.8) is 0 Å². The molecule has 0 aromatic rings. The van der Waals surface area contributed by atoms with Crippen molar-refractivity contribution in [3.05, 3.63) is 0 Å². The molecule has 0 aliphatic rings. The Morgan fingerprint density at radius 2 is 0.379 bits per heavy atom. The number of rotatable bonds is 53. The maximum atomic E-state index is 11.5. The molecule has 0 radical (unpaired) electrons. The molecule has 0 saturated heterocycles. The van der Waals surface area contributed by atoms with Gasteiger partial charge in [-0.05, 0) is 25.7 Å². The molecule has 1 N–H and O–H groups in total. The van der Waals surface area contributed by atoms with Crippen molar-refractivity contribution in [2.24, 2.45) is 0 Å². The molecular formula is C54H112O3P+. The van der Waals surface area contributed by atoms with Crippen LogP contribution in [0.5, 0.6) is 0 Å². The van der Waals surface area contributed by atoms with Crippen molar-refractivity contribution < 1.29 is 13.9 Å². The fourth-order valence-electron chi connectivity index (χ4n) is 8.74. The van der Waals surface area contributed by atoms with E-state index in [1.165, 1.54) is 289 Å². The molecule has 0 aromatic heterocycles. The third-order valence-corrected chi connectivity index (χ3v) is 14.9. The zero-order valence-electron chi connectivity index (χ0n) is 40.8. The summed E-state index contributed by atoms with van der Waals surface area (Å²) in [5.74, 6) is 0. The van der Waals surface area contributed by atoms with Crippen LogP contribution < -0.4 is 0 Å². The number of unbranched alkanes of at least 4 members (excludes halogenated alkanes) is 45. The van der Waals surface area contributed by atoms with Crippen molar-refractivity contribution in [3.8, 4) is 0 Å². The smallest absolute Gasteiger partial charge is 0.193 e. The first-order chi connectivity index (χ1) is 28.7. The molecule has 0 amide bonds. The maximum Gasteiger partial charge on any atom is 0.408 e. The summed E-state index contributed by atoms with van der Waals surface area (Å²) in [6.07, 6.45) is 66.8. The molecule has 350 valence electrons. The second-order valence-electron chi connectivity index (χ2n) is 18.9. The predicted octanol–water partition coefficient (Wildman–Crippen LogP) is 20.6. The molecule has 3 nitrogen and oxygen atoms in total. The molecule has 0 spiro atoms. The van der Waals surface area contributed by atoms with Crippen LogP contribution in [0.1, 0.15) is 329 Å².